The first-order valence-corrected chi connectivity index (χ1v) is 12.0. The molecule has 11 nitrogen and oxygen atoms in total. The topological polar surface area (TPSA) is 125 Å². The number of hydrogen-bond donors (Lipinski definition) is 2. The van der Waals surface area contributed by atoms with Crippen molar-refractivity contribution in [2.75, 3.05) is 48.8 Å². The largest absolute Gasteiger partial charge is 0.445 e. The quantitative estimate of drug-likeness (QED) is 0.397. The van der Waals surface area contributed by atoms with Gasteiger partial charge in [-0.1, -0.05) is 17.4 Å². The number of aryl methyl sites for hydroxylation is 1. The minimum Gasteiger partial charge on any atom is -0.338 e. The summed E-state index contributed by atoms with van der Waals surface area (Å²) in [4.78, 5) is 34.8. The Morgan fingerprint density at radius 2 is 1.86 bits per heavy atom. The summed E-state index contributed by atoms with van der Waals surface area (Å²) < 4.78 is 38.4. The summed E-state index contributed by atoms with van der Waals surface area (Å²) in [6.07, 6.45) is -1.59. The Balaban J connectivity index is 1.39. The molecular weight excluding hydrogens is 509 g/mol. The molecule has 0 atom stereocenters. The number of anilines is 4. The minimum absolute atomic E-state index is 0.211. The highest BCUT2D eigenvalue weighted by molar-refractivity contribution is 7.15. The van der Waals surface area contributed by atoms with Crippen molar-refractivity contribution in [1.29, 1.82) is 0 Å². The summed E-state index contributed by atoms with van der Waals surface area (Å²) in [5, 5.41) is 10.7. The Morgan fingerprint density at radius 3 is 2.59 bits per heavy atom. The van der Waals surface area contributed by atoms with Gasteiger partial charge in [0.2, 0.25) is 16.1 Å². The molecule has 2 N–H and O–H groups in total. The molecule has 0 bridgehead atoms. The standard InChI is InChI=1S/C22H21F3N10OS/c1-12-3-4-13(18(36)31-21-33-32-19(37-21)22(23,24)25)9-14(12)29-17-16-15(27-11-28-17)10-26-20(30-16)35-7-5-34(2)6-8-35/h3-4,9-11H,5-8H2,1-2H3,(H,27,28,29)(H,31,33,36). The number of fused-ring (bicyclic) bond motifs is 1. The molecule has 1 aromatic carbocycles. The molecule has 3 aromatic heterocycles. The first kappa shape index (κ1) is 24.7. The Kier molecular flexibility index (Phi) is 6.55. The van der Waals surface area contributed by atoms with E-state index < -0.39 is 17.1 Å². The smallest absolute Gasteiger partial charge is 0.338 e. The summed E-state index contributed by atoms with van der Waals surface area (Å²) in [5.41, 5.74) is 2.67. The van der Waals surface area contributed by atoms with Crippen molar-refractivity contribution in [2.45, 2.75) is 13.1 Å². The van der Waals surface area contributed by atoms with Crippen molar-refractivity contribution >= 4 is 50.9 Å². The van der Waals surface area contributed by atoms with Gasteiger partial charge in [-0.25, -0.2) is 19.9 Å². The first-order valence-electron chi connectivity index (χ1n) is 11.2. The van der Waals surface area contributed by atoms with Gasteiger partial charge in [0.1, 0.15) is 17.4 Å². The second kappa shape index (κ2) is 9.82. The van der Waals surface area contributed by atoms with Crippen LogP contribution >= 0.6 is 11.3 Å². The number of carbonyl (C=O) groups is 1. The summed E-state index contributed by atoms with van der Waals surface area (Å²) in [7, 11) is 2.07. The number of hydrogen-bond acceptors (Lipinski definition) is 11. The average molecular weight is 531 g/mol. The van der Waals surface area contributed by atoms with Crippen LogP contribution in [0.1, 0.15) is 20.9 Å². The lowest BCUT2D eigenvalue weighted by atomic mass is 10.1. The van der Waals surface area contributed by atoms with Crippen molar-refractivity contribution in [3.05, 3.63) is 46.9 Å². The molecule has 0 radical (unpaired) electrons. The van der Waals surface area contributed by atoms with Gasteiger partial charge in [0, 0.05) is 37.4 Å². The third-order valence-corrected chi connectivity index (χ3v) is 6.68. The molecule has 0 aliphatic carbocycles. The van der Waals surface area contributed by atoms with Gasteiger partial charge in [-0.2, -0.15) is 13.2 Å². The van der Waals surface area contributed by atoms with E-state index >= 15 is 0 Å². The second-order valence-electron chi connectivity index (χ2n) is 8.44. The van der Waals surface area contributed by atoms with Crippen LogP contribution in [0.4, 0.5) is 35.8 Å². The molecule has 192 valence electrons. The zero-order valence-electron chi connectivity index (χ0n) is 19.7. The maximum Gasteiger partial charge on any atom is 0.445 e. The first-order chi connectivity index (χ1) is 17.7. The van der Waals surface area contributed by atoms with E-state index in [9.17, 15) is 18.0 Å². The fraction of sp³-hybridized carbons (Fsp3) is 0.318. The Morgan fingerprint density at radius 1 is 1.08 bits per heavy atom. The van der Waals surface area contributed by atoms with Crippen molar-refractivity contribution in [2.24, 2.45) is 0 Å². The number of benzene rings is 1. The second-order valence-corrected chi connectivity index (χ2v) is 9.41. The lowest BCUT2D eigenvalue weighted by Crippen LogP contribution is -2.45. The third kappa shape index (κ3) is 5.41. The number of nitrogens with one attached hydrogen (secondary N) is 2. The number of halogens is 3. The van der Waals surface area contributed by atoms with Crippen molar-refractivity contribution in [3.8, 4) is 0 Å². The van der Waals surface area contributed by atoms with Crippen LogP contribution in [0.15, 0.2) is 30.7 Å². The molecule has 37 heavy (non-hydrogen) atoms. The fourth-order valence-corrected chi connectivity index (χ4v) is 4.28. The average Bonchev–Trinajstić information content (AvgIpc) is 3.35. The summed E-state index contributed by atoms with van der Waals surface area (Å²) in [6, 6.07) is 4.85. The maximum absolute atomic E-state index is 12.8. The molecule has 1 aliphatic rings. The van der Waals surface area contributed by atoms with Gasteiger partial charge in [0.05, 0.1) is 6.20 Å². The molecule has 1 fully saturated rings. The van der Waals surface area contributed by atoms with Crippen molar-refractivity contribution < 1.29 is 18.0 Å². The van der Waals surface area contributed by atoms with E-state index in [4.69, 9.17) is 4.98 Å². The predicted octanol–water partition coefficient (Wildman–Crippen LogP) is 3.35. The molecule has 0 unspecified atom stereocenters. The number of carbonyl (C=O) groups excluding carboxylic acids is 1. The van der Waals surface area contributed by atoms with Gasteiger partial charge in [0.25, 0.3) is 5.91 Å². The van der Waals surface area contributed by atoms with E-state index in [0.717, 1.165) is 31.7 Å². The number of rotatable bonds is 5. The Bertz CT molecular complexity index is 1450. The molecule has 5 rings (SSSR count). The third-order valence-electron chi connectivity index (χ3n) is 5.79. The highest BCUT2D eigenvalue weighted by atomic mass is 32.1. The molecule has 0 saturated carbocycles. The molecule has 1 amide bonds. The Labute approximate surface area is 212 Å². The molecular formula is C22H21F3N10OS. The fourth-order valence-electron chi connectivity index (χ4n) is 3.68. The van der Waals surface area contributed by atoms with Gasteiger partial charge in [-0.15, -0.1) is 10.2 Å². The van der Waals surface area contributed by atoms with Gasteiger partial charge in [-0.05, 0) is 31.7 Å². The number of aromatic nitrogens is 6. The molecule has 1 aliphatic heterocycles. The molecule has 15 heteroatoms. The van der Waals surface area contributed by atoms with E-state index in [1.165, 1.54) is 6.33 Å². The van der Waals surface area contributed by atoms with Crippen LogP contribution in [0.25, 0.3) is 11.0 Å². The highest BCUT2D eigenvalue weighted by Crippen LogP contribution is 2.33. The van der Waals surface area contributed by atoms with Crippen LogP contribution in [0, 0.1) is 6.92 Å². The van der Waals surface area contributed by atoms with Crippen molar-refractivity contribution in [3.63, 3.8) is 0 Å². The van der Waals surface area contributed by atoms with Crippen LogP contribution in [0.2, 0.25) is 0 Å². The van der Waals surface area contributed by atoms with Gasteiger partial charge >= 0.3 is 6.18 Å². The molecule has 4 heterocycles. The van der Waals surface area contributed by atoms with Crippen LogP contribution in [-0.2, 0) is 6.18 Å². The van der Waals surface area contributed by atoms with Gasteiger partial charge in [-0.3, -0.25) is 10.1 Å². The normalized spacial score (nSPS) is 14.7. The summed E-state index contributed by atoms with van der Waals surface area (Å²) in [6.45, 7) is 5.25. The lowest BCUT2D eigenvalue weighted by Gasteiger charge is -2.32. The number of alkyl halides is 3. The number of amides is 1. The summed E-state index contributed by atoms with van der Waals surface area (Å²) >= 11 is 0.255. The van der Waals surface area contributed by atoms with E-state index in [-0.39, 0.29) is 22.0 Å². The molecule has 0 spiro atoms. The van der Waals surface area contributed by atoms with Crippen LogP contribution in [0.3, 0.4) is 0 Å². The van der Waals surface area contributed by atoms with Gasteiger partial charge < -0.3 is 15.1 Å². The van der Waals surface area contributed by atoms with E-state index in [0.29, 0.717) is 28.5 Å². The van der Waals surface area contributed by atoms with Gasteiger partial charge in [0.15, 0.2) is 5.82 Å². The van der Waals surface area contributed by atoms with E-state index in [2.05, 4.69) is 52.6 Å². The van der Waals surface area contributed by atoms with Crippen LogP contribution in [-0.4, -0.2) is 74.2 Å². The molecule has 1 saturated heterocycles. The number of nitrogens with zero attached hydrogens (tertiary/aromatic N) is 8. The SMILES string of the molecule is Cc1ccc(C(=O)Nc2nnc(C(F)(F)F)s2)cc1Nc1ncnc2cnc(N3CCN(C)CC3)nc12. The number of piperazine rings is 1. The Hall–Kier alpha value is -3.98. The van der Waals surface area contributed by atoms with Crippen molar-refractivity contribution in [1.82, 2.24) is 35.0 Å². The zero-order chi connectivity index (χ0) is 26.2. The minimum atomic E-state index is -4.63. The van der Waals surface area contributed by atoms with Crippen LogP contribution < -0.4 is 15.5 Å². The zero-order valence-corrected chi connectivity index (χ0v) is 20.6. The van der Waals surface area contributed by atoms with E-state index in [1.807, 2.05) is 6.92 Å². The maximum atomic E-state index is 12.8. The van der Waals surface area contributed by atoms with Crippen LogP contribution in [0.5, 0.6) is 0 Å². The lowest BCUT2D eigenvalue weighted by molar-refractivity contribution is -0.138. The monoisotopic (exact) mass is 530 g/mol. The number of likely N-dealkylation sites (N-methyl/N-ethyl adjacent to an activating group) is 1. The predicted molar refractivity (Wildman–Crippen MR) is 132 cm³/mol. The summed E-state index contributed by atoms with van der Waals surface area (Å²) in [5.74, 6) is 0.390. The molecule has 4 aromatic rings. The van der Waals surface area contributed by atoms with E-state index in [1.54, 1.807) is 24.4 Å². The highest BCUT2D eigenvalue weighted by Gasteiger charge is 2.35.